The number of rotatable bonds is 5. The number of aromatic nitrogens is 2. The van der Waals surface area contributed by atoms with Crippen LogP contribution >= 0.6 is 0 Å². The molecule has 4 rings (SSSR count). The topological polar surface area (TPSA) is 59.2 Å². The molecular weight excluding hydrogens is 333 g/mol. The number of carbonyl (C=O) groups is 1. The Balaban J connectivity index is 1.72. The first-order valence-electron chi connectivity index (χ1n) is 8.87. The van der Waals surface area contributed by atoms with Crippen molar-refractivity contribution >= 4 is 17.0 Å². The average Bonchev–Trinajstić information content (AvgIpc) is 3.42. The maximum atomic E-state index is 13.5. The van der Waals surface area contributed by atoms with Crippen molar-refractivity contribution in [2.75, 3.05) is 6.54 Å². The largest absolute Gasteiger partial charge is 0.336 e. The molecule has 0 unspecified atom stereocenters. The van der Waals surface area contributed by atoms with Gasteiger partial charge in [-0.05, 0) is 50.5 Å². The maximum Gasteiger partial charge on any atom is 0.259 e. The first kappa shape index (κ1) is 16.7. The Labute approximate surface area is 150 Å². The minimum atomic E-state index is -0.303. The zero-order chi connectivity index (χ0) is 18.3. The molecular formula is C20H20FN3O2. The van der Waals surface area contributed by atoms with Crippen molar-refractivity contribution in [3.8, 4) is 0 Å². The normalized spacial score (nSPS) is 14.0. The van der Waals surface area contributed by atoms with Gasteiger partial charge in [-0.2, -0.15) is 0 Å². The molecule has 1 aliphatic carbocycles. The van der Waals surface area contributed by atoms with Crippen LogP contribution in [0, 0.1) is 12.7 Å². The molecule has 26 heavy (non-hydrogen) atoms. The molecule has 2 heterocycles. The molecule has 1 amide bonds. The fourth-order valence-corrected chi connectivity index (χ4v) is 3.22. The lowest BCUT2D eigenvalue weighted by Crippen LogP contribution is -2.30. The van der Waals surface area contributed by atoms with Crippen LogP contribution in [0.3, 0.4) is 0 Å². The standard InChI is InChI=1S/C20H20FN3O2/c1-3-24(11-13-5-4-6-15(21)9-13)20(25)16-10-17(14-7-8-14)22-19-18(16)12(2)23-26-19/h4-6,9-10,14H,3,7-8,11H2,1-2H3. The summed E-state index contributed by atoms with van der Waals surface area (Å²) in [6.07, 6.45) is 2.17. The van der Waals surface area contributed by atoms with Gasteiger partial charge in [0.15, 0.2) is 0 Å². The van der Waals surface area contributed by atoms with Crippen molar-refractivity contribution in [1.29, 1.82) is 0 Å². The predicted molar refractivity (Wildman–Crippen MR) is 95.3 cm³/mol. The Bertz CT molecular complexity index is 978. The number of pyridine rings is 1. The van der Waals surface area contributed by atoms with E-state index in [1.807, 2.05) is 26.0 Å². The van der Waals surface area contributed by atoms with Crippen molar-refractivity contribution in [1.82, 2.24) is 15.0 Å². The lowest BCUT2D eigenvalue weighted by Gasteiger charge is -2.22. The third kappa shape index (κ3) is 3.07. The Kier molecular flexibility index (Phi) is 4.18. The van der Waals surface area contributed by atoms with Crippen LogP contribution in [0.2, 0.25) is 0 Å². The van der Waals surface area contributed by atoms with Gasteiger partial charge in [0, 0.05) is 24.7 Å². The van der Waals surface area contributed by atoms with E-state index in [9.17, 15) is 9.18 Å². The summed E-state index contributed by atoms with van der Waals surface area (Å²) < 4.78 is 18.8. The van der Waals surface area contributed by atoms with Gasteiger partial charge in [-0.1, -0.05) is 17.3 Å². The quantitative estimate of drug-likeness (QED) is 0.689. The van der Waals surface area contributed by atoms with Gasteiger partial charge in [0.05, 0.1) is 16.6 Å². The number of fused-ring (bicyclic) bond motifs is 1. The van der Waals surface area contributed by atoms with Crippen LogP contribution < -0.4 is 0 Å². The number of hydrogen-bond acceptors (Lipinski definition) is 4. The molecule has 6 heteroatoms. The van der Waals surface area contributed by atoms with E-state index in [1.54, 1.807) is 11.0 Å². The monoisotopic (exact) mass is 353 g/mol. The second-order valence-electron chi connectivity index (χ2n) is 6.77. The van der Waals surface area contributed by atoms with Gasteiger partial charge >= 0.3 is 0 Å². The van der Waals surface area contributed by atoms with Crippen molar-refractivity contribution in [3.63, 3.8) is 0 Å². The highest BCUT2D eigenvalue weighted by Crippen LogP contribution is 2.40. The van der Waals surface area contributed by atoms with E-state index in [0.29, 0.717) is 41.4 Å². The zero-order valence-corrected chi connectivity index (χ0v) is 14.8. The van der Waals surface area contributed by atoms with E-state index in [0.717, 1.165) is 24.1 Å². The van der Waals surface area contributed by atoms with Crippen LogP contribution in [0.4, 0.5) is 4.39 Å². The number of amides is 1. The molecule has 134 valence electrons. The number of aryl methyl sites for hydroxylation is 1. The van der Waals surface area contributed by atoms with E-state index in [4.69, 9.17) is 4.52 Å². The van der Waals surface area contributed by atoms with E-state index in [-0.39, 0.29) is 11.7 Å². The van der Waals surface area contributed by atoms with Gasteiger partial charge in [0.25, 0.3) is 11.6 Å². The highest BCUT2D eigenvalue weighted by atomic mass is 19.1. The Morgan fingerprint density at radius 3 is 2.85 bits per heavy atom. The van der Waals surface area contributed by atoms with Gasteiger partial charge in [-0.15, -0.1) is 0 Å². The van der Waals surface area contributed by atoms with Crippen molar-refractivity contribution in [3.05, 3.63) is 58.7 Å². The van der Waals surface area contributed by atoms with Crippen LogP contribution in [0.5, 0.6) is 0 Å². The van der Waals surface area contributed by atoms with Crippen molar-refractivity contribution in [2.24, 2.45) is 0 Å². The van der Waals surface area contributed by atoms with Gasteiger partial charge in [-0.3, -0.25) is 4.79 Å². The first-order valence-corrected chi connectivity index (χ1v) is 8.87. The molecule has 0 saturated heterocycles. The lowest BCUT2D eigenvalue weighted by molar-refractivity contribution is 0.0754. The predicted octanol–water partition coefficient (Wildman–Crippen LogP) is 4.21. The van der Waals surface area contributed by atoms with Crippen LogP contribution in [0.1, 0.15) is 53.0 Å². The average molecular weight is 353 g/mol. The van der Waals surface area contributed by atoms with Gasteiger partial charge in [0.1, 0.15) is 5.82 Å². The molecule has 1 aromatic carbocycles. The van der Waals surface area contributed by atoms with Crippen LogP contribution in [0.25, 0.3) is 11.1 Å². The third-order valence-electron chi connectivity index (χ3n) is 4.79. The first-order chi connectivity index (χ1) is 12.6. The molecule has 1 saturated carbocycles. The Morgan fingerprint density at radius 1 is 1.35 bits per heavy atom. The van der Waals surface area contributed by atoms with Crippen LogP contribution in [-0.4, -0.2) is 27.5 Å². The SMILES string of the molecule is CCN(Cc1cccc(F)c1)C(=O)c1cc(C2CC2)nc2onc(C)c12. The second-order valence-corrected chi connectivity index (χ2v) is 6.77. The summed E-state index contributed by atoms with van der Waals surface area (Å²) >= 11 is 0. The smallest absolute Gasteiger partial charge is 0.259 e. The summed E-state index contributed by atoms with van der Waals surface area (Å²) in [4.78, 5) is 19.5. The number of hydrogen-bond donors (Lipinski definition) is 0. The van der Waals surface area contributed by atoms with Crippen LogP contribution in [0.15, 0.2) is 34.9 Å². The minimum absolute atomic E-state index is 0.114. The molecule has 0 atom stereocenters. The summed E-state index contributed by atoms with van der Waals surface area (Å²) in [5.41, 5.74) is 3.28. The molecule has 0 radical (unpaired) electrons. The lowest BCUT2D eigenvalue weighted by atomic mass is 10.1. The fourth-order valence-electron chi connectivity index (χ4n) is 3.22. The van der Waals surface area contributed by atoms with E-state index < -0.39 is 0 Å². The van der Waals surface area contributed by atoms with E-state index >= 15 is 0 Å². The molecule has 0 aliphatic heterocycles. The fraction of sp³-hybridized carbons (Fsp3) is 0.350. The Morgan fingerprint density at radius 2 is 2.15 bits per heavy atom. The number of halogens is 1. The minimum Gasteiger partial charge on any atom is -0.336 e. The van der Waals surface area contributed by atoms with Gasteiger partial charge in [0.2, 0.25) is 0 Å². The molecule has 0 bridgehead atoms. The highest BCUT2D eigenvalue weighted by Gasteiger charge is 2.29. The number of nitrogens with zero attached hydrogens (tertiary/aromatic N) is 3. The zero-order valence-electron chi connectivity index (χ0n) is 14.8. The summed E-state index contributed by atoms with van der Waals surface area (Å²) in [5, 5.41) is 4.65. The number of benzene rings is 1. The van der Waals surface area contributed by atoms with Gasteiger partial charge in [-0.25, -0.2) is 9.37 Å². The summed E-state index contributed by atoms with van der Waals surface area (Å²) in [5.74, 6) is -0.0183. The van der Waals surface area contributed by atoms with Crippen LogP contribution in [-0.2, 0) is 6.54 Å². The van der Waals surface area contributed by atoms with E-state index in [1.165, 1.54) is 12.1 Å². The van der Waals surface area contributed by atoms with E-state index in [2.05, 4.69) is 10.1 Å². The van der Waals surface area contributed by atoms with Crippen molar-refractivity contribution in [2.45, 2.75) is 39.2 Å². The highest BCUT2D eigenvalue weighted by molar-refractivity contribution is 6.06. The molecule has 1 aliphatic rings. The van der Waals surface area contributed by atoms with Gasteiger partial charge < -0.3 is 9.42 Å². The molecule has 0 N–H and O–H groups in total. The molecule has 2 aromatic heterocycles. The van der Waals surface area contributed by atoms with Crippen molar-refractivity contribution < 1.29 is 13.7 Å². The summed E-state index contributed by atoms with van der Waals surface area (Å²) in [6, 6.07) is 8.21. The molecule has 3 aromatic rings. The molecule has 5 nitrogen and oxygen atoms in total. The maximum absolute atomic E-state index is 13.5. The summed E-state index contributed by atoms with van der Waals surface area (Å²) in [6.45, 7) is 4.59. The molecule has 1 fully saturated rings. The second kappa shape index (κ2) is 6.52. The Hall–Kier alpha value is -2.76. The number of carbonyl (C=O) groups excluding carboxylic acids is 1. The third-order valence-corrected chi connectivity index (χ3v) is 4.79. The molecule has 0 spiro atoms. The summed E-state index contributed by atoms with van der Waals surface area (Å²) in [7, 11) is 0.